The molecule has 4 rings (SSSR count). The molecule has 0 spiro atoms. The number of para-hydroxylation sites is 1. The van der Waals surface area contributed by atoms with Crippen molar-refractivity contribution in [3.05, 3.63) is 96.4 Å². The summed E-state index contributed by atoms with van der Waals surface area (Å²) in [7, 11) is -2.42. The van der Waals surface area contributed by atoms with Crippen LogP contribution in [0.3, 0.4) is 0 Å². The first-order valence-corrected chi connectivity index (χ1v) is 11.5. The monoisotopic (exact) mass is 463 g/mol. The van der Waals surface area contributed by atoms with E-state index in [-0.39, 0.29) is 16.3 Å². The van der Waals surface area contributed by atoms with Gasteiger partial charge in [-0.25, -0.2) is 13.2 Å². The van der Waals surface area contributed by atoms with Gasteiger partial charge in [0.2, 0.25) is 5.89 Å². The summed E-state index contributed by atoms with van der Waals surface area (Å²) >= 11 is 0. The standard InChI is InChI=1S/C24H21N3O5S/c1-17(22-25-26-23(32-22)18-10-5-3-6-11-18)31-24(28)19-12-9-15-21(16-19)33(29,30)27(2)20-13-7-4-8-14-20/h3-17H,1-2H3. The lowest BCUT2D eigenvalue weighted by Gasteiger charge is -2.19. The Balaban J connectivity index is 1.51. The Kier molecular flexibility index (Phi) is 6.23. The smallest absolute Gasteiger partial charge is 0.338 e. The van der Waals surface area contributed by atoms with E-state index in [9.17, 15) is 13.2 Å². The number of ether oxygens (including phenoxy) is 1. The van der Waals surface area contributed by atoms with Crippen LogP contribution in [0.15, 0.2) is 94.2 Å². The molecule has 4 aromatic rings. The molecule has 0 saturated carbocycles. The topological polar surface area (TPSA) is 103 Å². The Bertz CT molecular complexity index is 1360. The van der Waals surface area contributed by atoms with Gasteiger partial charge in [-0.2, -0.15) is 0 Å². The minimum Gasteiger partial charge on any atom is -0.449 e. The average molecular weight is 464 g/mol. The molecule has 3 aromatic carbocycles. The number of sulfonamides is 1. The number of esters is 1. The van der Waals surface area contributed by atoms with Crippen LogP contribution in [-0.4, -0.2) is 31.6 Å². The summed E-state index contributed by atoms with van der Waals surface area (Å²) in [6, 6.07) is 23.6. The maximum absolute atomic E-state index is 13.0. The molecule has 0 saturated heterocycles. The first-order chi connectivity index (χ1) is 15.9. The van der Waals surface area contributed by atoms with E-state index in [4.69, 9.17) is 9.15 Å². The number of hydrogen-bond donors (Lipinski definition) is 0. The number of aromatic nitrogens is 2. The van der Waals surface area contributed by atoms with E-state index in [1.165, 1.54) is 31.3 Å². The average Bonchev–Trinajstić information content (AvgIpc) is 3.35. The number of carbonyl (C=O) groups excluding carboxylic acids is 1. The minimum absolute atomic E-state index is 0.0277. The third kappa shape index (κ3) is 4.78. The number of rotatable bonds is 7. The molecule has 0 aliphatic rings. The largest absolute Gasteiger partial charge is 0.449 e. The quantitative estimate of drug-likeness (QED) is 0.372. The Labute approximate surface area is 191 Å². The van der Waals surface area contributed by atoms with Crippen LogP contribution in [0, 0.1) is 0 Å². The summed E-state index contributed by atoms with van der Waals surface area (Å²) in [5, 5.41) is 7.95. The van der Waals surface area contributed by atoms with Gasteiger partial charge in [0, 0.05) is 12.6 Å². The van der Waals surface area contributed by atoms with E-state index in [1.54, 1.807) is 37.3 Å². The van der Waals surface area contributed by atoms with E-state index < -0.39 is 22.1 Å². The predicted molar refractivity (Wildman–Crippen MR) is 122 cm³/mol. The van der Waals surface area contributed by atoms with E-state index in [1.807, 2.05) is 30.3 Å². The molecule has 1 aromatic heterocycles. The maximum atomic E-state index is 13.0. The highest BCUT2D eigenvalue weighted by molar-refractivity contribution is 7.92. The Morgan fingerprint density at radius 1 is 0.939 bits per heavy atom. The zero-order valence-electron chi connectivity index (χ0n) is 18.0. The molecule has 0 amide bonds. The molecule has 168 valence electrons. The second kappa shape index (κ2) is 9.25. The summed E-state index contributed by atoms with van der Waals surface area (Å²) in [4.78, 5) is 12.7. The number of carbonyl (C=O) groups is 1. The van der Waals surface area contributed by atoms with Gasteiger partial charge in [-0.15, -0.1) is 10.2 Å². The van der Waals surface area contributed by atoms with E-state index >= 15 is 0 Å². The van der Waals surface area contributed by atoms with Crippen LogP contribution in [0.1, 0.15) is 29.3 Å². The van der Waals surface area contributed by atoms with Gasteiger partial charge in [-0.05, 0) is 49.4 Å². The van der Waals surface area contributed by atoms with Crippen molar-refractivity contribution < 1.29 is 22.4 Å². The van der Waals surface area contributed by atoms with Crippen LogP contribution < -0.4 is 4.31 Å². The van der Waals surface area contributed by atoms with Gasteiger partial charge in [0.25, 0.3) is 15.9 Å². The van der Waals surface area contributed by atoms with Crippen molar-refractivity contribution in [3.63, 3.8) is 0 Å². The second-order valence-corrected chi connectivity index (χ2v) is 9.16. The Morgan fingerprint density at radius 2 is 1.61 bits per heavy atom. The molecule has 1 atom stereocenters. The van der Waals surface area contributed by atoms with Crippen molar-refractivity contribution in [2.45, 2.75) is 17.9 Å². The highest BCUT2D eigenvalue weighted by Crippen LogP contribution is 2.25. The van der Waals surface area contributed by atoms with E-state index in [0.717, 1.165) is 9.87 Å². The molecule has 0 N–H and O–H groups in total. The van der Waals surface area contributed by atoms with Crippen molar-refractivity contribution in [1.29, 1.82) is 0 Å². The van der Waals surface area contributed by atoms with Gasteiger partial charge < -0.3 is 9.15 Å². The van der Waals surface area contributed by atoms with Crippen LogP contribution in [0.5, 0.6) is 0 Å². The summed E-state index contributed by atoms with van der Waals surface area (Å²) in [5.41, 5.74) is 1.34. The summed E-state index contributed by atoms with van der Waals surface area (Å²) < 4.78 is 38.3. The molecule has 0 aliphatic carbocycles. The summed E-state index contributed by atoms with van der Waals surface area (Å²) in [5.74, 6) is -0.262. The molecule has 9 heteroatoms. The second-order valence-electron chi connectivity index (χ2n) is 7.19. The number of anilines is 1. The first kappa shape index (κ1) is 22.2. The number of benzene rings is 3. The van der Waals surface area contributed by atoms with Gasteiger partial charge >= 0.3 is 5.97 Å². The molecule has 1 unspecified atom stereocenters. The fraction of sp³-hybridized carbons (Fsp3) is 0.125. The molecule has 8 nitrogen and oxygen atoms in total. The number of hydrogen-bond acceptors (Lipinski definition) is 7. The van der Waals surface area contributed by atoms with Crippen LogP contribution in [-0.2, 0) is 14.8 Å². The third-order valence-electron chi connectivity index (χ3n) is 4.94. The van der Waals surface area contributed by atoms with Crippen LogP contribution in [0.2, 0.25) is 0 Å². The van der Waals surface area contributed by atoms with Gasteiger partial charge in [0.1, 0.15) is 0 Å². The van der Waals surface area contributed by atoms with Gasteiger partial charge in [0.15, 0.2) is 6.10 Å². The van der Waals surface area contributed by atoms with E-state index in [0.29, 0.717) is 11.6 Å². The first-order valence-electron chi connectivity index (χ1n) is 10.1. The normalized spacial score (nSPS) is 12.2. The fourth-order valence-corrected chi connectivity index (χ4v) is 4.34. The minimum atomic E-state index is -3.87. The zero-order chi connectivity index (χ0) is 23.4. The molecule has 0 fully saturated rings. The van der Waals surface area contributed by atoms with E-state index in [2.05, 4.69) is 10.2 Å². The van der Waals surface area contributed by atoms with Gasteiger partial charge in [-0.3, -0.25) is 4.31 Å². The Hall–Kier alpha value is -3.98. The lowest BCUT2D eigenvalue weighted by Crippen LogP contribution is -2.26. The van der Waals surface area contributed by atoms with Gasteiger partial charge in [0.05, 0.1) is 16.1 Å². The highest BCUT2D eigenvalue weighted by atomic mass is 32.2. The van der Waals surface area contributed by atoms with Crippen molar-refractivity contribution >= 4 is 21.7 Å². The van der Waals surface area contributed by atoms with Crippen LogP contribution in [0.25, 0.3) is 11.5 Å². The molecular weight excluding hydrogens is 442 g/mol. The zero-order valence-corrected chi connectivity index (χ0v) is 18.8. The van der Waals surface area contributed by atoms with Gasteiger partial charge in [-0.1, -0.05) is 42.5 Å². The van der Waals surface area contributed by atoms with Crippen molar-refractivity contribution in [2.24, 2.45) is 0 Å². The predicted octanol–water partition coefficient (Wildman–Crippen LogP) is 4.48. The lowest BCUT2D eigenvalue weighted by molar-refractivity contribution is 0.0279. The molecular formula is C24H21N3O5S. The molecule has 0 bridgehead atoms. The van der Waals surface area contributed by atoms with Crippen LogP contribution in [0.4, 0.5) is 5.69 Å². The molecule has 33 heavy (non-hydrogen) atoms. The maximum Gasteiger partial charge on any atom is 0.338 e. The summed E-state index contributed by atoms with van der Waals surface area (Å²) in [6.07, 6.45) is -0.824. The SMILES string of the molecule is CC(OC(=O)c1cccc(S(=O)(=O)N(C)c2ccccc2)c1)c1nnc(-c2ccccc2)o1. The van der Waals surface area contributed by atoms with Crippen molar-refractivity contribution in [3.8, 4) is 11.5 Å². The van der Waals surface area contributed by atoms with Crippen molar-refractivity contribution in [2.75, 3.05) is 11.4 Å². The fourth-order valence-electron chi connectivity index (χ4n) is 3.09. The molecule has 0 aliphatic heterocycles. The Morgan fingerprint density at radius 3 is 2.30 bits per heavy atom. The third-order valence-corrected chi connectivity index (χ3v) is 6.72. The highest BCUT2D eigenvalue weighted by Gasteiger charge is 2.24. The van der Waals surface area contributed by atoms with Crippen LogP contribution >= 0.6 is 0 Å². The number of nitrogens with zero attached hydrogens (tertiary/aromatic N) is 3. The molecule has 0 radical (unpaired) electrons. The molecule has 1 heterocycles. The lowest BCUT2D eigenvalue weighted by atomic mass is 10.2. The van der Waals surface area contributed by atoms with Crippen molar-refractivity contribution in [1.82, 2.24) is 10.2 Å². The summed E-state index contributed by atoms with van der Waals surface area (Å²) in [6.45, 7) is 1.60.